The van der Waals surface area contributed by atoms with Crippen LogP contribution in [0.1, 0.15) is 5.82 Å². The van der Waals surface area contributed by atoms with Gasteiger partial charge in [0.25, 0.3) is 5.56 Å². The van der Waals surface area contributed by atoms with Crippen molar-refractivity contribution in [2.24, 2.45) is 0 Å². The quantitative estimate of drug-likeness (QED) is 0.593. The van der Waals surface area contributed by atoms with Gasteiger partial charge in [-0.1, -0.05) is 11.6 Å². The van der Waals surface area contributed by atoms with Crippen LogP contribution in [0.4, 0.5) is 4.39 Å². The number of nitrogens with zero attached hydrogens (tertiary/aromatic N) is 1. The van der Waals surface area contributed by atoms with Crippen molar-refractivity contribution in [1.82, 2.24) is 9.97 Å². The molecule has 0 unspecified atom stereocenters. The van der Waals surface area contributed by atoms with Crippen LogP contribution < -0.4 is 5.56 Å². The van der Waals surface area contributed by atoms with E-state index in [2.05, 4.69) is 9.97 Å². The molecule has 0 aliphatic carbocycles. The highest BCUT2D eigenvalue weighted by Gasteiger charge is 2.14. The monoisotopic (exact) mass is 338 g/mol. The Kier molecular flexibility index (Phi) is 2.68. The Morgan fingerprint density at radius 2 is 2.27 bits per heavy atom. The third-order valence-electron chi connectivity index (χ3n) is 1.95. The van der Waals surface area contributed by atoms with Crippen molar-refractivity contribution in [2.75, 3.05) is 0 Å². The minimum Gasteiger partial charge on any atom is -0.310 e. The highest BCUT2D eigenvalue weighted by Crippen LogP contribution is 2.26. The Morgan fingerprint density at radius 1 is 1.60 bits per heavy atom. The van der Waals surface area contributed by atoms with E-state index in [-0.39, 0.29) is 19.5 Å². The molecule has 2 aromatic rings. The van der Waals surface area contributed by atoms with E-state index in [1.807, 2.05) is 0 Å². The van der Waals surface area contributed by atoms with E-state index < -0.39 is 11.4 Å². The maximum Gasteiger partial charge on any atom is 0.261 e. The molecule has 1 aromatic carbocycles. The van der Waals surface area contributed by atoms with Gasteiger partial charge in [-0.3, -0.25) is 4.79 Å². The SMILES string of the molecule is Cc1nc2cc(Cl)c(I)c(F)c2c(=O)[nH]1. The zero-order chi connectivity index (χ0) is 11.2. The van der Waals surface area contributed by atoms with E-state index in [0.29, 0.717) is 5.82 Å². The lowest BCUT2D eigenvalue weighted by atomic mass is 10.2. The molecule has 1 N–H and O–H groups in total. The molecule has 6 heteroatoms. The maximum absolute atomic E-state index is 13.7. The molecule has 0 fully saturated rings. The smallest absolute Gasteiger partial charge is 0.261 e. The van der Waals surface area contributed by atoms with Gasteiger partial charge in [-0.2, -0.15) is 0 Å². The van der Waals surface area contributed by atoms with Gasteiger partial charge in [0, 0.05) is 0 Å². The van der Waals surface area contributed by atoms with Crippen molar-refractivity contribution in [3.05, 3.63) is 36.7 Å². The zero-order valence-electron chi connectivity index (χ0n) is 7.57. The fourth-order valence-corrected chi connectivity index (χ4v) is 1.93. The van der Waals surface area contributed by atoms with Gasteiger partial charge in [-0.05, 0) is 35.6 Å². The molecule has 0 amide bonds. The van der Waals surface area contributed by atoms with Crippen LogP contribution in [0.5, 0.6) is 0 Å². The fraction of sp³-hybridized carbons (Fsp3) is 0.111. The maximum atomic E-state index is 13.7. The summed E-state index contributed by atoms with van der Waals surface area (Å²) in [6, 6.07) is 1.49. The van der Waals surface area contributed by atoms with Gasteiger partial charge in [-0.15, -0.1) is 0 Å². The molecule has 1 aromatic heterocycles. The number of aryl methyl sites for hydroxylation is 1. The lowest BCUT2D eigenvalue weighted by Gasteiger charge is -2.03. The van der Waals surface area contributed by atoms with Crippen LogP contribution in [0.3, 0.4) is 0 Å². The number of rotatable bonds is 0. The third kappa shape index (κ3) is 1.74. The number of H-pyrrole nitrogens is 1. The van der Waals surface area contributed by atoms with Crippen molar-refractivity contribution in [3.8, 4) is 0 Å². The second-order valence-electron chi connectivity index (χ2n) is 3.03. The fourth-order valence-electron chi connectivity index (χ4n) is 1.32. The highest BCUT2D eigenvalue weighted by atomic mass is 127. The van der Waals surface area contributed by atoms with Crippen LogP contribution in [0.15, 0.2) is 10.9 Å². The van der Waals surface area contributed by atoms with Crippen molar-refractivity contribution >= 4 is 45.1 Å². The van der Waals surface area contributed by atoms with Gasteiger partial charge in [-0.25, -0.2) is 9.37 Å². The molecule has 1 heterocycles. The summed E-state index contributed by atoms with van der Waals surface area (Å²) in [5.74, 6) is -0.184. The molecule has 3 nitrogen and oxygen atoms in total. The number of benzene rings is 1. The first-order valence-corrected chi connectivity index (χ1v) is 5.50. The molecule has 0 bridgehead atoms. The summed E-state index contributed by atoms with van der Waals surface area (Å²) >= 11 is 7.55. The first-order valence-electron chi connectivity index (χ1n) is 4.05. The second kappa shape index (κ2) is 3.71. The molecule has 78 valence electrons. The van der Waals surface area contributed by atoms with Crippen LogP contribution in [0.25, 0.3) is 10.9 Å². The summed E-state index contributed by atoms with van der Waals surface area (Å²) in [7, 11) is 0. The van der Waals surface area contributed by atoms with Crippen molar-refractivity contribution < 1.29 is 4.39 Å². The summed E-state index contributed by atoms with van der Waals surface area (Å²) in [6.07, 6.45) is 0. The van der Waals surface area contributed by atoms with Crippen LogP contribution in [-0.4, -0.2) is 9.97 Å². The molecule has 2 rings (SSSR count). The number of fused-ring (bicyclic) bond motifs is 1. The average molecular weight is 339 g/mol. The molecular weight excluding hydrogens is 333 g/mol. The van der Waals surface area contributed by atoms with Gasteiger partial charge in [0.1, 0.15) is 11.2 Å². The summed E-state index contributed by atoms with van der Waals surface area (Å²) in [5, 5.41) is 0.215. The Hall–Kier alpha value is -0.690. The molecule has 15 heavy (non-hydrogen) atoms. The van der Waals surface area contributed by atoms with Crippen molar-refractivity contribution in [3.63, 3.8) is 0 Å². The normalized spacial score (nSPS) is 10.9. The summed E-state index contributed by atoms with van der Waals surface area (Å²) in [6.45, 7) is 1.63. The average Bonchev–Trinajstić information content (AvgIpc) is 2.13. The molecule has 0 spiro atoms. The number of nitrogens with one attached hydrogen (secondary N) is 1. The number of hydrogen-bond donors (Lipinski definition) is 1. The molecule has 0 saturated carbocycles. The molecule has 0 saturated heterocycles. The van der Waals surface area contributed by atoms with Gasteiger partial charge in [0.05, 0.1) is 14.1 Å². The first kappa shape index (κ1) is 10.8. The Balaban J connectivity index is 3.06. The first-order chi connectivity index (χ1) is 7.00. The standard InChI is InChI=1S/C9H5ClFIN2O/c1-3-13-5-2-4(10)8(12)7(11)6(5)9(15)14-3/h2H,1H3,(H,13,14,15). The van der Waals surface area contributed by atoms with Crippen molar-refractivity contribution in [2.45, 2.75) is 6.92 Å². The van der Waals surface area contributed by atoms with Gasteiger partial charge in [0.2, 0.25) is 0 Å². The number of aromatic amines is 1. The van der Waals surface area contributed by atoms with E-state index >= 15 is 0 Å². The number of halogens is 3. The van der Waals surface area contributed by atoms with E-state index in [1.54, 1.807) is 29.5 Å². The predicted molar refractivity (Wildman–Crippen MR) is 64.8 cm³/mol. The van der Waals surface area contributed by atoms with Crippen LogP contribution in [0, 0.1) is 16.3 Å². The molecule has 0 aliphatic rings. The summed E-state index contributed by atoms with van der Waals surface area (Å²) in [5.41, 5.74) is -0.205. The minimum atomic E-state index is -0.619. The van der Waals surface area contributed by atoms with E-state index in [1.165, 1.54) is 6.07 Å². The number of aromatic nitrogens is 2. The van der Waals surface area contributed by atoms with Crippen LogP contribution in [-0.2, 0) is 0 Å². The Bertz CT molecular complexity index is 611. The van der Waals surface area contributed by atoms with Crippen molar-refractivity contribution in [1.29, 1.82) is 0 Å². The van der Waals surface area contributed by atoms with Gasteiger partial charge >= 0.3 is 0 Å². The Labute approximate surface area is 103 Å². The minimum absolute atomic E-state index is 0.0469. The lowest BCUT2D eigenvalue weighted by Crippen LogP contribution is -2.12. The largest absolute Gasteiger partial charge is 0.310 e. The zero-order valence-corrected chi connectivity index (χ0v) is 10.5. The van der Waals surface area contributed by atoms with E-state index in [4.69, 9.17) is 11.6 Å². The summed E-state index contributed by atoms with van der Waals surface area (Å²) < 4.78 is 13.9. The Morgan fingerprint density at radius 3 is 2.93 bits per heavy atom. The third-order valence-corrected chi connectivity index (χ3v) is 3.62. The molecule has 0 radical (unpaired) electrons. The molecular formula is C9H5ClFIN2O. The van der Waals surface area contributed by atoms with Crippen LogP contribution >= 0.6 is 34.2 Å². The topological polar surface area (TPSA) is 45.8 Å². The second-order valence-corrected chi connectivity index (χ2v) is 4.52. The van der Waals surface area contributed by atoms with E-state index in [9.17, 15) is 9.18 Å². The summed E-state index contributed by atoms with van der Waals surface area (Å²) in [4.78, 5) is 18.0. The lowest BCUT2D eigenvalue weighted by molar-refractivity contribution is 0.631. The highest BCUT2D eigenvalue weighted by molar-refractivity contribution is 14.1. The van der Waals surface area contributed by atoms with E-state index in [0.717, 1.165) is 0 Å². The number of hydrogen-bond acceptors (Lipinski definition) is 2. The predicted octanol–water partition coefficient (Wildman–Crippen LogP) is 2.63. The molecule has 0 aliphatic heterocycles. The van der Waals surface area contributed by atoms with Gasteiger partial charge < -0.3 is 4.98 Å². The molecule has 0 atom stereocenters. The van der Waals surface area contributed by atoms with Crippen LogP contribution in [0.2, 0.25) is 5.02 Å². The van der Waals surface area contributed by atoms with Gasteiger partial charge in [0.15, 0.2) is 5.82 Å².